The SMILES string of the molecule is CCCC(CC)c1ccsc1CC. The van der Waals surface area contributed by atoms with Gasteiger partial charge in [0.05, 0.1) is 0 Å². The Morgan fingerprint density at radius 1 is 1.31 bits per heavy atom. The quantitative estimate of drug-likeness (QED) is 0.645. The second kappa shape index (κ2) is 5.43. The number of rotatable bonds is 5. The van der Waals surface area contributed by atoms with E-state index in [0.717, 1.165) is 5.92 Å². The van der Waals surface area contributed by atoms with Gasteiger partial charge in [0.2, 0.25) is 0 Å². The molecule has 74 valence electrons. The molecule has 1 unspecified atom stereocenters. The fourth-order valence-electron chi connectivity index (χ4n) is 1.93. The van der Waals surface area contributed by atoms with Crippen molar-refractivity contribution in [2.75, 3.05) is 0 Å². The lowest BCUT2D eigenvalue weighted by molar-refractivity contribution is 0.594. The second-order valence-corrected chi connectivity index (χ2v) is 4.55. The molecule has 1 aromatic heterocycles. The Kier molecular flexibility index (Phi) is 4.51. The predicted molar refractivity (Wildman–Crippen MR) is 61.6 cm³/mol. The maximum Gasteiger partial charge on any atom is 0.00772 e. The second-order valence-electron chi connectivity index (χ2n) is 3.55. The van der Waals surface area contributed by atoms with Crippen molar-refractivity contribution in [3.8, 4) is 0 Å². The summed E-state index contributed by atoms with van der Waals surface area (Å²) >= 11 is 1.92. The zero-order valence-corrected chi connectivity index (χ0v) is 9.79. The Labute approximate surface area is 86.0 Å². The molecule has 0 radical (unpaired) electrons. The van der Waals surface area contributed by atoms with E-state index in [4.69, 9.17) is 0 Å². The highest BCUT2D eigenvalue weighted by molar-refractivity contribution is 7.10. The molecule has 0 aliphatic carbocycles. The van der Waals surface area contributed by atoms with Crippen molar-refractivity contribution in [2.24, 2.45) is 0 Å². The average molecular weight is 196 g/mol. The molecule has 0 aliphatic heterocycles. The van der Waals surface area contributed by atoms with E-state index in [0.29, 0.717) is 0 Å². The van der Waals surface area contributed by atoms with Crippen molar-refractivity contribution in [1.82, 2.24) is 0 Å². The van der Waals surface area contributed by atoms with Crippen LogP contribution in [0.2, 0.25) is 0 Å². The van der Waals surface area contributed by atoms with Crippen LogP contribution in [-0.4, -0.2) is 0 Å². The molecule has 1 aromatic rings. The first-order chi connectivity index (χ1) is 6.33. The molecule has 0 saturated heterocycles. The van der Waals surface area contributed by atoms with Crippen LogP contribution < -0.4 is 0 Å². The van der Waals surface area contributed by atoms with Crippen LogP contribution in [0.4, 0.5) is 0 Å². The minimum atomic E-state index is 0.811. The highest BCUT2D eigenvalue weighted by Crippen LogP contribution is 2.31. The van der Waals surface area contributed by atoms with Gasteiger partial charge in [0, 0.05) is 4.88 Å². The summed E-state index contributed by atoms with van der Waals surface area (Å²) in [5.41, 5.74) is 1.62. The van der Waals surface area contributed by atoms with Gasteiger partial charge in [-0.05, 0) is 42.2 Å². The molecule has 0 spiro atoms. The first kappa shape index (κ1) is 10.8. The molecule has 0 aliphatic rings. The van der Waals surface area contributed by atoms with Gasteiger partial charge >= 0.3 is 0 Å². The molecule has 0 fully saturated rings. The lowest BCUT2D eigenvalue weighted by Crippen LogP contribution is -1.97. The van der Waals surface area contributed by atoms with E-state index in [2.05, 4.69) is 32.2 Å². The topological polar surface area (TPSA) is 0 Å². The normalized spacial score (nSPS) is 13.2. The van der Waals surface area contributed by atoms with Crippen molar-refractivity contribution in [3.63, 3.8) is 0 Å². The molecule has 1 heteroatoms. The smallest absolute Gasteiger partial charge is 0.00772 e. The van der Waals surface area contributed by atoms with Crippen LogP contribution in [0, 0.1) is 0 Å². The molecular weight excluding hydrogens is 176 g/mol. The summed E-state index contributed by atoms with van der Waals surface area (Å²) in [6.07, 6.45) is 5.14. The number of thiophene rings is 1. The number of hydrogen-bond acceptors (Lipinski definition) is 1. The van der Waals surface area contributed by atoms with Gasteiger partial charge < -0.3 is 0 Å². The van der Waals surface area contributed by atoms with Crippen molar-refractivity contribution in [1.29, 1.82) is 0 Å². The summed E-state index contributed by atoms with van der Waals surface area (Å²) in [6, 6.07) is 2.33. The Balaban J connectivity index is 2.77. The van der Waals surface area contributed by atoms with E-state index < -0.39 is 0 Å². The molecule has 0 saturated carbocycles. The number of aryl methyl sites for hydroxylation is 1. The predicted octanol–water partition coefficient (Wildman–Crippen LogP) is 4.60. The summed E-state index contributed by atoms with van der Waals surface area (Å²) in [5.74, 6) is 0.811. The minimum Gasteiger partial charge on any atom is -0.149 e. The van der Waals surface area contributed by atoms with E-state index >= 15 is 0 Å². The molecule has 13 heavy (non-hydrogen) atoms. The van der Waals surface area contributed by atoms with Crippen molar-refractivity contribution >= 4 is 11.3 Å². The van der Waals surface area contributed by atoms with Crippen LogP contribution in [0.1, 0.15) is 56.4 Å². The summed E-state index contributed by atoms with van der Waals surface area (Å²) in [4.78, 5) is 1.60. The average Bonchev–Trinajstić information content (AvgIpc) is 2.61. The monoisotopic (exact) mass is 196 g/mol. The summed E-state index contributed by atoms with van der Waals surface area (Å²) in [5, 5.41) is 2.24. The molecule has 1 rings (SSSR count). The Morgan fingerprint density at radius 2 is 2.08 bits per heavy atom. The summed E-state index contributed by atoms with van der Waals surface area (Å²) < 4.78 is 0. The van der Waals surface area contributed by atoms with Crippen molar-refractivity contribution < 1.29 is 0 Å². The van der Waals surface area contributed by atoms with Gasteiger partial charge in [0.1, 0.15) is 0 Å². The highest BCUT2D eigenvalue weighted by Gasteiger charge is 2.12. The fraction of sp³-hybridized carbons (Fsp3) is 0.667. The first-order valence-corrected chi connectivity index (χ1v) is 6.27. The van der Waals surface area contributed by atoms with E-state index in [-0.39, 0.29) is 0 Å². The van der Waals surface area contributed by atoms with E-state index in [9.17, 15) is 0 Å². The third-order valence-corrected chi connectivity index (χ3v) is 3.75. The van der Waals surface area contributed by atoms with Crippen LogP contribution in [0.3, 0.4) is 0 Å². The van der Waals surface area contributed by atoms with Crippen LogP contribution >= 0.6 is 11.3 Å². The standard InChI is InChI=1S/C12H20S/c1-4-7-10(5-2)11-8-9-13-12(11)6-3/h8-10H,4-7H2,1-3H3. The molecule has 0 nitrogen and oxygen atoms in total. The Hall–Kier alpha value is -0.300. The third-order valence-electron chi connectivity index (χ3n) is 2.67. The zero-order chi connectivity index (χ0) is 9.68. The van der Waals surface area contributed by atoms with Gasteiger partial charge in [-0.15, -0.1) is 11.3 Å². The molecular formula is C12H20S. The first-order valence-electron chi connectivity index (χ1n) is 5.39. The maximum absolute atomic E-state index is 2.33. The van der Waals surface area contributed by atoms with E-state index in [1.54, 1.807) is 10.4 Å². The van der Waals surface area contributed by atoms with Gasteiger partial charge in [0.15, 0.2) is 0 Å². The van der Waals surface area contributed by atoms with Gasteiger partial charge in [-0.2, -0.15) is 0 Å². The van der Waals surface area contributed by atoms with Crippen LogP contribution in [0.5, 0.6) is 0 Å². The molecule has 0 amide bonds. The van der Waals surface area contributed by atoms with Crippen LogP contribution in [-0.2, 0) is 6.42 Å². The van der Waals surface area contributed by atoms with Crippen molar-refractivity contribution in [2.45, 2.75) is 52.4 Å². The Bertz CT molecular complexity index is 237. The van der Waals surface area contributed by atoms with Crippen molar-refractivity contribution in [3.05, 3.63) is 21.9 Å². The van der Waals surface area contributed by atoms with Gasteiger partial charge in [-0.3, -0.25) is 0 Å². The third kappa shape index (κ3) is 2.57. The van der Waals surface area contributed by atoms with E-state index in [1.165, 1.54) is 25.7 Å². The minimum absolute atomic E-state index is 0.811. The lowest BCUT2D eigenvalue weighted by Gasteiger charge is -2.14. The molecule has 1 heterocycles. The Morgan fingerprint density at radius 3 is 2.62 bits per heavy atom. The number of hydrogen-bond donors (Lipinski definition) is 0. The molecule has 0 N–H and O–H groups in total. The van der Waals surface area contributed by atoms with Gasteiger partial charge in [-0.25, -0.2) is 0 Å². The molecule has 1 atom stereocenters. The van der Waals surface area contributed by atoms with Crippen LogP contribution in [0.15, 0.2) is 11.4 Å². The highest BCUT2D eigenvalue weighted by atomic mass is 32.1. The zero-order valence-electron chi connectivity index (χ0n) is 8.97. The van der Waals surface area contributed by atoms with E-state index in [1.807, 2.05) is 11.3 Å². The van der Waals surface area contributed by atoms with Gasteiger partial charge in [0.25, 0.3) is 0 Å². The summed E-state index contributed by atoms with van der Waals surface area (Å²) in [7, 11) is 0. The molecule has 0 aromatic carbocycles. The lowest BCUT2D eigenvalue weighted by atomic mass is 9.92. The fourth-order valence-corrected chi connectivity index (χ4v) is 2.85. The van der Waals surface area contributed by atoms with Crippen LogP contribution in [0.25, 0.3) is 0 Å². The maximum atomic E-state index is 2.33. The largest absolute Gasteiger partial charge is 0.149 e. The van der Waals surface area contributed by atoms with Gasteiger partial charge in [-0.1, -0.05) is 27.2 Å². The summed E-state index contributed by atoms with van der Waals surface area (Å²) in [6.45, 7) is 6.84. The molecule has 0 bridgehead atoms.